The van der Waals surface area contributed by atoms with Crippen LogP contribution in [0.3, 0.4) is 0 Å². The minimum absolute atomic E-state index is 0.00687. The van der Waals surface area contributed by atoms with E-state index in [0.717, 1.165) is 17.5 Å². The molecule has 2 N–H and O–H groups in total. The van der Waals surface area contributed by atoms with Crippen molar-refractivity contribution in [3.63, 3.8) is 0 Å². The minimum Gasteiger partial charge on any atom is -0.396 e. The summed E-state index contributed by atoms with van der Waals surface area (Å²) in [7, 11) is 0. The van der Waals surface area contributed by atoms with Gasteiger partial charge in [-0.15, -0.1) is 0 Å². The molecule has 0 heterocycles. The topological polar surface area (TPSA) is 49.3 Å². The van der Waals surface area contributed by atoms with Crippen LogP contribution in [-0.4, -0.2) is 23.7 Å². The van der Waals surface area contributed by atoms with Gasteiger partial charge in [-0.05, 0) is 24.0 Å². The third-order valence-corrected chi connectivity index (χ3v) is 3.84. The van der Waals surface area contributed by atoms with Gasteiger partial charge in [0.05, 0.1) is 5.92 Å². The van der Waals surface area contributed by atoms with Crippen LogP contribution in [0.15, 0.2) is 60.7 Å². The number of aliphatic hydroxyl groups excluding tert-OH is 1. The largest absolute Gasteiger partial charge is 0.396 e. The van der Waals surface area contributed by atoms with E-state index in [9.17, 15) is 4.79 Å². The van der Waals surface area contributed by atoms with Crippen molar-refractivity contribution in [2.24, 2.45) is 0 Å². The Morgan fingerprint density at radius 3 is 1.91 bits per heavy atom. The molecule has 0 radical (unpaired) electrons. The fraction of sp³-hybridized carbons (Fsp3) is 0.316. The molecule has 3 heteroatoms. The summed E-state index contributed by atoms with van der Waals surface area (Å²) < 4.78 is 0. The van der Waals surface area contributed by atoms with Crippen molar-refractivity contribution in [1.29, 1.82) is 0 Å². The van der Waals surface area contributed by atoms with Gasteiger partial charge in [0.15, 0.2) is 0 Å². The number of carbonyl (C=O) groups is 1. The van der Waals surface area contributed by atoms with Crippen molar-refractivity contribution < 1.29 is 9.90 Å². The van der Waals surface area contributed by atoms with Crippen molar-refractivity contribution in [3.8, 4) is 0 Å². The van der Waals surface area contributed by atoms with Crippen LogP contribution < -0.4 is 5.32 Å². The lowest BCUT2D eigenvalue weighted by Crippen LogP contribution is -2.38. The molecule has 0 bridgehead atoms. The quantitative estimate of drug-likeness (QED) is 0.825. The van der Waals surface area contributed by atoms with Gasteiger partial charge in [-0.3, -0.25) is 4.79 Å². The van der Waals surface area contributed by atoms with E-state index in [1.807, 2.05) is 67.6 Å². The summed E-state index contributed by atoms with van der Waals surface area (Å²) in [5.41, 5.74) is 1.95. The van der Waals surface area contributed by atoms with Crippen LogP contribution in [0.2, 0.25) is 0 Å². The molecule has 0 aliphatic rings. The highest BCUT2D eigenvalue weighted by atomic mass is 16.3. The van der Waals surface area contributed by atoms with E-state index in [-0.39, 0.29) is 24.5 Å². The second-order valence-corrected chi connectivity index (χ2v) is 5.38. The molecule has 0 fully saturated rings. The fourth-order valence-electron chi connectivity index (χ4n) is 2.60. The molecule has 22 heavy (non-hydrogen) atoms. The molecule has 2 aromatic carbocycles. The highest BCUT2D eigenvalue weighted by Gasteiger charge is 2.24. The van der Waals surface area contributed by atoms with Crippen LogP contribution in [0.25, 0.3) is 0 Å². The number of carbonyl (C=O) groups excluding carboxylic acids is 1. The third-order valence-electron chi connectivity index (χ3n) is 3.84. The minimum atomic E-state index is -0.324. The number of rotatable bonds is 7. The van der Waals surface area contributed by atoms with Gasteiger partial charge < -0.3 is 10.4 Å². The standard InChI is InChI=1S/C19H23NO2/c1-2-17(13-14-21)20-19(22)18(15-9-5-3-6-10-15)16-11-7-4-8-12-16/h3-12,17-18,21H,2,13-14H2,1H3,(H,20,22). The Labute approximate surface area is 132 Å². The first kappa shape index (κ1) is 16.2. The lowest BCUT2D eigenvalue weighted by molar-refractivity contribution is -0.122. The van der Waals surface area contributed by atoms with Gasteiger partial charge in [-0.25, -0.2) is 0 Å². The molecule has 1 unspecified atom stereocenters. The predicted molar refractivity (Wildman–Crippen MR) is 88.7 cm³/mol. The third kappa shape index (κ3) is 4.18. The number of hydrogen-bond donors (Lipinski definition) is 2. The maximum Gasteiger partial charge on any atom is 0.232 e. The molecule has 116 valence electrons. The second kappa shape index (κ2) is 8.35. The molecule has 0 aromatic heterocycles. The number of nitrogens with one attached hydrogen (secondary N) is 1. The lowest BCUT2D eigenvalue weighted by Gasteiger charge is -2.22. The van der Waals surface area contributed by atoms with E-state index < -0.39 is 0 Å². The average molecular weight is 297 g/mol. The molecule has 2 aromatic rings. The summed E-state index contributed by atoms with van der Waals surface area (Å²) in [6, 6.07) is 19.6. The van der Waals surface area contributed by atoms with Crippen molar-refractivity contribution >= 4 is 5.91 Å². The molecule has 2 rings (SSSR count). The van der Waals surface area contributed by atoms with Gasteiger partial charge in [0, 0.05) is 12.6 Å². The van der Waals surface area contributed by atoms with Crippen molar-refractivity contribution in [1.82, 2.24) is 5.32 Å². The van der Waals surface area contributed by atoms with Crippen molar-refractivity contribution in [2.45, 2.75) is 31.7 Å². The average Bonchev–Trinajstić information content (AvgIpc) is 2.56. The van der Waals surface area contributed by atoms with E-state index >= 15 is 0 Å². The zero-order valence-corrected chi connectivity index (χ0v) is 12.9. The van der Waals surface area contributed by atoms with Crippen molar-refractivity contribution in [3.05, 3.63) is 71.8 Å². The van der Waals surface area contributed by atoms with Gasteiger partial charge in [0.25, 0.3) is 0 Å². The first-order valence-electron chi connectivity index (χ1n) is 7.77. The van der Waals surface area contributed by atoms with Gasteiger partial charge in [-0.1, -0.05) is 67.6 Å². The van der Waals surface area contributed by atoms with E-state index in [0.29, 0.717) is 6.42 Å². The number of hydrogen-bond acceptors (Lipinski definition) is 2. The zero-order valence-electron chi connectivity index (χ0n) is 12.9. The summed E-state index contributed by atoms with van der Waals surface area (Å²) in [5, 5.41) is 12.2. The van der Waals surface area contributed by atoms with Crippen LogP contribution in [0.4, 0.5) is 0 Å². The van der Waals surface area contributed by atoms with E-state index in [4.69, 9.17) is 5.11 Å². The highest BCUT2D eigenvalue weighted by Crippen LogP contribution is 2.25. The Morgan fingerprint density at radius 1 is 1.00 bits per heavy atom. The highest BCUT2D eigenvalue weighted by molar-refractivity contribution is 5.87. The first-order chi connectivity index (χ1) is 10.8. The maximum absolute atomic E-state index is 12.8. The molecular formula is C19H23NO2. The summed E-state index contributed by atoms with van der Waals surface area (Å²) in [4.78, 5) is 12.8. The molecule has 0 spiro atoms. The second-order valence-electron chi connectivity index (χ2n) is 5.38. The Hall–Kier alpha value is -2.13. The van der Waals surface area contributed by atoms with Crippen molar-refractivity contribution in [2.75, 3.05) is 6.61 Å². The molecule has 0 aliphatic heterocycles. The molecular weight excluding hydrogens is 274 g/mol. The van der Waals surface area contributed by atoms with Gasteiger partial charge in [0.2, 0.25) is 5.91 Å². The van der Waals surface area contributed by atoms with Gasteiger partial charge in [0.1, 0.15) is 0 Å². The van der Waals surface area contributed by atoms with Crippen LogP contribution in [0.5, 0.6) is 0 Å². The maximum atomic E-state index is 12.8. The Kier molecular flexibility index (Phi) is 6.16. The lowest BCUT2D eigenvalue weighted by atomic mass is 9.90. The molecule has 0 aliphatic carbocycles. The van der Waals surface area contributed by atoms with Crippen LogP contribution in [0.1, 0.15) is 36.8 Å². The summed E-state index contributed by atoms with van der Waals surface area (Å²) >= 11 is 0. The Bertz CT molecular complexity index is 529. The van der Waals surface area contributed by atoms with E-state index in [2.05, 4.69) is 5.32 Å². The SMILES string of the molecule is CCC(CCO)NC(=O)C(c1ccccc1)c1ccccc1. The van der Waals surface area contributed by atoms with Crippen LogP contribution in [-0.2, 0) is 4.79 Å². The predicted octanol–water partition coefficient (Wildman–Crippen LogP) is 3.10. The van der Waals surface area contributed by atoms with E-state index in [1.165, 1.54) is 0 Å². The number of aliphatic hydroxyl groups is 1. The Morgan fingerprint density at radius 2 is 1.50 bits per heavy atom. The normalized spacial score (nSPS) is 12.1. The molecule has 1 atom stereocenters. The number of benzene rings is 2. The molecule has 0 saturated heterocycles. The van der Waals surface area contributed by atoms with E-state index in [1.54, 1.807) is 0 Å². The van der Waals surface area contributed by atoms with Gasteiger partial charge >= 0.3 is 0 Å². The Balaban J connectivity index is 2.27. The van der Waals surface area contributed by atoms with Crippen LogP contribution >= 0.6 is 0 Å². The monoisotopic (exact) mass is 297 g/mol. The number of amides is 1. The van der Waals surface area contributed by atoms with Crippen LogP contribution in [0, 0.1) is 0 Å². The zero-order chi connectivity index (χ0) is 15.8. The van der Waals surface area contributed by atoms with Gasteiger partial charge in [-0.2, -0.15) is 0 Å². The summed E-state index contributed by atoms with van der Waals surface area (Å²) in [5.74, 6) is -0.340. The molecule has 3 nitrogen and oxygen atoms in total. The first-order valence-corrected chi connectivity index (χ1v) is 7.77. The molecule has 0 saturated carbocycles. The summed E-state index contributed by atoms with van der Waals surface area (Å²) in [6.07, 6.45) is 1.39. The smallest absolute Gasteiger partial charge is 0.232 e. The summed E-state index contributed by atoms with van der Waals surface area (Å²) in [6.45, 7) is 2.10. The molecule has 1 amide bonds. The fourth-order valence-corrected chi connectivity index (χ4v) is 2.60.